The van der Waals surface area contributed by atoms with Gasteiger partial charge in [-0.2, -0.15) is 5.10 Å². The Kier molecular flexibility index (Phi) is 4.89. The molecule has 0 spiro atoms. The van der Waals surface area contributed by atoms with Crippen molar-refractivity contribution in [1.82, 2.24) is 10.2 Å². The molecule has 18 heavy (non-hydrogen) atoms. The minimum atomic E-state index is -0.614. The van der Waals surface area contributed by atoms with Crippen LogP contribution < -0.4 is 0 Å². The van der Waals surface area contributed by atoms with Gasteiger partial charge in [0, 0.05) is 11.6 Å². The number of benzene rings is 1. The van der Waals surface area contributed by atoms with Crippen molar-refractivity contribution in [1.29, 1.82) is 0 Å². The van der Waals surface area contributed by atoms with Crippen LogP contribution in [0, 0.1) is 25.5 Å². The zero-order valence-corrected chi connectivity index (χ0v) is 11.0. The number of rotatable bonds is 1. The monoisotopic (exact) mass is 250 g/mol. The Labute approximate surface area is 106 Å². The van der Waals surface area contributed by atoms with Gasteiger partial charge in [0.05, 0.1) is 11.4 Å². The molecule has 0 saturated heterocycles. The summed E-state index contributed by atoms with van der Waals surface area (Å²) >= 11 is 0. The SMILES string of the molecule is CC.Cc1cc(C)c(-c2cc(F)cc(F)c2)nn1. The number of hydrogen-bond donors (Lipinski definition) is 0. The van der Waals surface area contributed by atoms with E-state index in [0.717, 1.165) is 17.3 Å². The van der Waals surface area contributed by atoms with Crippen molar-refractivity contribution in [3.63, 3.8) is 0 Å². The highest BCUT2D eigenvalue weighted by atomic mass is 19.1. The molecule has 1 heterocycles. The molecule has 0 radical (unpaired) electrons. The molecule has 0 atom stereocenters. The third kappa shape index (κ3) is 3.32. The summed E-state index contributed by atoms with van der Waals surface area (Å²) in [6.45, 7) is 7.65. The lowest BCUT2D eigenvalue weighted by atomic mass is 10.1. The molecule has 0 bridgehead atoms. The summed E-state index contributed by atoms with van der Waals surface area (Å²) in [5, 5.41) is 7.83. The van der Waals surface area contributed by atoms with E-state index >= 15 is 0 Å². The van der Waals surface area contributed by atoms with Gasteiger partial charge in [-0.3, -0.25) is 0 Å². The van der Waals surface area contributed by atoms with Crippen molar-refractivity contribution in [3.8, 4) is 11.3 Å². The van der Waals surface area contributed by atoms with E-state index in [1.165, 1.54) is 12.1 Å². The van der Waals surface area contributed by atoms with E-state index in [4.69, 9.17) is 0 Å². The van der Waals surface area contributed by atoms with Crippen LogP contribution in [0.2, 0.25) is 0 Å². The first-order valence-corrected chi connectivity index (χ1v) is 5.83. The summed E-state index contributed by atoms with van der Waals surface area (Å²) in [5.41, 5.74) is 2.53. The van der Waals surface area contributed by atoms with Crippen LogP contribution in [0.1, 0.15) is 25.1 Å². The molecule has 2 rings (SSSR count). The van der Waals surface area contributed by atoms with Gasteiger partial charge < -0.3 is 0 Å². The van der Waals surface area contributed by atoms with Gasteiger partial charge >= 0.3 is 0 Å². The fraction of sp³-hybridized carbons (Fsp3) is 0.286. The fourth-order valence-electron chi connectivity index (χ4n) is 1.59. The van der Waals surface area contributed by atoms with Gasteiger partial charge in [0.25, 0.3) is 0 Å². The lowest BCUT2D eigenvalue weighted by Gasteiger charge is -2.05. The Morgan fingerprint density at radius 2 is 1.39 bits per heavy atom. The normalized spacial score (nSPS) is 9.67. The molecule has 2 aromatic rings. The molecule has 1 aromatic heterocycles. The molecule has 0 unspecified atom stereocenters. The van der Waals surface area contributed by atoms with Crippen LogP contribution in [0.15, 0.2) is 24.3 Å². The van der Waals surface area contributed by atoms with Gasteiger partial charge in [0.1, 0.15) is 11.6 Å². The highest BCUT2D eigenvalue weighted by molar-refractivity contribution is 5.62. The van der Waals surface area contributed by atoms with Crippen LogP contribution in [-0.4, -0.2) is 10.2 Å². The van der Waals surface area contributed by atoms with E-state index in [0.29, 0.717) is 11.3 Å². The van der Waals surface area contributed by atoms with Gasteiger partial charge in [-0.15, -0.1) is 5.10 Å². The highest BCUT2D eigenvalue weighted by Crippen LogP contribution is 2.22. The molecule has 1 aromatic carbocycles. The fourth-order valence-corrected chi connectivity index (χ4v) is 1.59. The van der Waals surface area contributed by atoms with Crippen molar-refractivity contribution in [2.75, 3.05) is 0 Å². The van der Waals surface area contributed by atoms with Crippen LogP contribution in [0.25, 0.3) is 11.3 Å². The molecule has 4 heteroatoms. The van der Waals surface area contributed by atoms with E-state index in [9.17, 15) is 8.78 Å². The Morgan fingerprint density at radius 3 is 1.89 bits per heavy atom. The van der Waals surface area contributed by atoms with Crippen molar-refractivity contribution in [2.24, 2.45) is 0 Å². The lowest BCUT2D eigenvalue weighted by molar-refractivity contribution is 0.584. The largest absolute Gasteiger partial charge is 0.207 e. The highest BCUT2D eigenvalue weighted by Gasteiger charge is 2.08. The quantitative estimate of drug-likeness (QED) is 0.762. The van der Waals surface area contributed by atoms with E-state index in [1.54, 1.807) is 0 Å². The zero-order chi connectivity index (χ0) is 13.7. The molecule has 0 amide bonds. The predicted molar refractivity (Wildman–Crippen MR) is 68.2 cm³/mol. The lowest BCUT2D eigenvalue weighted by Crippen LogP contribution is -1.95. The van der Waals surface area contributed by atoms with Crippen LogP contribution in [0.3, 0.4) is 0 Å². The average Bonchev–Trinajstić information content (AvgIpc) is 2.30. The van der Waals surface area contributed by atoms with Crippen molar-refractivity contribution < 1.29 is 8.78 Å². The topological polar surface area (TPSA) is 25.8 Å². The first-order valence-electron chi connectivity index (χ1n) is 5.83. The minimum absolute atomic E-state index is 0.405. The van der Waals surface area contributed by atoms with Gasteiger partial charge in [0.15, 0.2) is 0 Å². The third-order valence-corrected chi connectivity index (χ3v) is 2.24. The van der Waals surface area contributed by atoms with E-state index in [-0.39, 0.29) is 0 Å². The van der Waals surface area contributed by atoms with Gasteiger partial charge in [-0.1, -0.05) is 13.8 Å². The maximum atomic E-state index is 13.0. The summed E-state index contributed by atoms with van der Waals surface area (Å²) in [5.74, 6) is -1.23. The molecular formula is C14H16F2N2. The van der Waals surface area contributed by atoms with E-state index < -0.39 is 11.6 Å². The molecule has 0 aliphatic carbocycles. The summed E-state index contributed by atoms with van der Waals surface area (Å²) < 4.78 is 26.1. The number of aryl methyl sites for hydroxylation is 2. The van der Waals surface area contributed by atoms with Gasteiger partial charge in [-0.25, -0.2) is 8.78 Å². The molecule has 0 N–H and O–H groups in total. The van der Waals surface area contributed by atoms with Crippen LogP contribution >= 0.6 is 0 Å². The zero-order valence-electron chi connectivity index (χ0n) is 11.0. The van der Waals surface area contributed by atoms with Crippen molar-refractivity contribution >= 4 is 0 Å². The van der Waals surface area contributed by atoms with E-state index in [2.05, 4.69) is 10.2 Å². The molecule has 96 valence electrons. The standard InChI is InChI=1S/C12H10F2N2.C2H6/c1-7-3-8(2)15-16-12(7)9-4-10(13)6-11(14)5-9;1-2/h3-6H,1-2H3;1-2H3. The molecule has 2 nitrogen and oxygen atoms in total. The van der Waals surface area contributed by atoms with Crippen LogP contribution in [0.4, 0.5) is 8.78 Å². The second kappa shape index (κ2) is 6.19. The summed E-state index contributed by atoms with van der Waals surface area (Å²) in [6, 6.07) is 5.15. The van der Waals surface area contributed by atoms with Crippen molar-refractivity contribution in [3.05, 3.63) is 47.2 Å². The number of aromatic nitrogens is 2. The Bertz CT molecular complexity index is 519. The summed E-state index contributed by atoms with van der Waals surface area (Å²) in [6.07, 6.45) is 0. The Balaban J connectivity index is 0.000000771. The predicted octanol–water partition coefficient (Wildman–Crippen LogP) is 4.06. The number of nitrogens with zero attached hydrogens (tertiary/aromatic N) is 2. The Morgan fingerprint density at radius 1 is 0.833 bits per heavy atom. The molecule has 0 aliphatic heterocycles. The second-order valence-corrected chi connectivity index (χ2v) is 3.68. The summed E-state index contributed by atoms with van der Waals surface area (Å²) in [7, 11) is 0. The maximum absolute atomic E-state index is 13.0. The second-order valence-electron chi connectivity index (χ2n) is 3.68. The van der Waals surface area contributed by atoms with Gasteiger partial charge in [-0.05, 0) is 37.6 Å². The molecule has 0 fully saturated rings. The van der Waals surface area contributed by atoms with Gasteiger partial charge in [0.2, 0.25) is 0 Å². The van der Waals surface area contributed by atoms with Crippen LogP contribution in [-0.2, 0) is 0 Å². The molecular weight excluding hydrogens is 234 g/mol. The average molecular weight is 250 g/mol. The van der Waals surface area contributed by atoms with Crippen LogP contribution in [0.5, 0.6) is 0 Å². The number of halogens is 2. The van der Waals surface area contributed by atoms with Crippen molar-refractivity contribution in [2.45, 2.75) is 27.7 Å². The summed E-state index contributed by atoms with van der Waals surface area (Å²) in [4.78, 5) is 0. The molecule has 0 saturated carbocycles. The third-order valence-electron chi connectivity index (χ3n) is 2.24. The first-order chi connectivity index (χ1) is 8.56. The number of hydrogen-bond acceptors (Lipinski definition) is 2. The minimum Gasteiger partial charge on any atom is -0.207 e. The molecule has 0 aliphatic rings. The maximum Gasteiger partial charge on any atom is 0.126 e. The first kappa shape index (κ1) is 14.2. The smallest absolute Gasteiger partial charge is 0.126 e. The van der Waals surface area contributed by atoms with E-state index in [1.807, 2.05) is 33.8 Å². The Hall–Kier alpha value is -1.84.